The molecule has 0 aliphatic rings. The molecule has 3 N–H and O–H groups in total. The van der Waals surface area contributed by atoms with Gasteiger partial charge in [-0.25, -0.2) is 9.07 Å². The Labute approximate surface area is 131 Å². The standard InChI is InChI=1S/C13H16FN5O2S/c1-21-7-6-16-11(20)8-22-13-18-17-12(19(13)15)9-2-4-10(14)5-3-9/h2-5H,6-8,15H2,1H3,(H,16,20). The lowest BCUT2D eigenvalue weighted by atomic mass is 10.2. The van der Waals surface area contributed by atoms with Gasteiger partial charge in [0.1, 0.15) is 5.82 Å². The topological polar surface area (TPSA) is 95.1 Å². The van der Waals surface area contributed by atoms with Crippen LogP contribution in [0.2, 0.25) is 0 Å². The summed E-state index contributed by atoms with van der Waals surface area (Å²) in [6.07, 6.45) is 0. The molecule has 0 aliphatic heterocycles. The first-order valence-corrected chi connectivity index (χ1v) is 7.45. The number of halogens is 1. The predicted molar refractivity (Wildman–Crippen MR) is 81.2 cm³/mol. The van der Waals surface area contributed by atoms with Crippen molar-refractivity contribution in [3.8, 4) is 11.4 Å². The van der Waals surface area contributed by atoms with Gasteiger partial charge in [-0.15, -0.1) is 10.2 Å². The molecule has 7 nitrogen and oxygen atoms in total. The first kappa shape index (κ1) is 16.2. The van der Waals surface area contributed by atoms with Gasteiger partial charge in [-0.1, -0.05) is 11.8 Å². The summed E-state index contributed by atoms with van der Waals surface area (Å²) in [6, 6.07) is 5.77. The van der Waals surface area contributed by atoms with Crippen molar-refractivity contribution in [3.63, 3.8) is 0 Å². The lowest BCUT2D eigenvalue weighted by molar-refractivity contribution is -0.118. The number of nitrogens with two attached hydrogens (primary N) is 1. The van der Waals surface area contributed by atoms with Crippen molar-refractivity contribution in [2.45, 2.75) is 5.16 Å². The quantitative estimate of drug-likeness (QED) is 0.441. The van der Waals surface area contributed by atoms with E-state index in [1.54, 1.807) is 19.2 Å². The molecular formula is C13H16FN5O2S. The van der Waals surface area contributed by atoms with Crippen LogP contribution in [0.5, 0.6) is 0 Å². The fraction of sp³-hybridized carbons (Fsp3) is 0.308. The Morgan fingerprint density at radius 3 is 2.82 bits per heavy atom. The summed E-state index contributed by atoms with van der Waals surface area (Å²) in [5.41, 5.74) is 0.646. The van der Waals surface area contributed by atoms with Crippen molar-refractivity contribution in [2.75, 3.05) is 31.9 Å². The molecule has 0 saturated carbocycles. The fourth-order valence-electron chi connectivity index (χ4n) is 1.64. The van der Waals surface area contributed by atoms with E-state index in [1.165, 1.54) is 28.6 Å². The number of hydrogen-bond donors (Lipinski definition) is 2. The number of amides is 1. The average Bonchev–Trinajstić information content (AvgIpc) is 2.87. The van der Waals surface area contributed by atoms with Crippen LogP contribution in [0.25, 0.3) is 11.4 Å². The highest BCUT2D eigenvalue weighted by molar-refractivity contribution is 7.99. The van der Waals surface area contributed by atoms with Gasteiger partial charge in [0.25, 0.3) is 0 Å². The normalized spacial score (nSPS) is 10.6. The summed E-state index contributed by atoms with van der Waals surface area (Å²) in [5, 5.41) is 11.0. The van der Waals surface area contributed by atoms with Crippen molar-refractivity contribution < 1.29 is 13.9 Å². The molecule has 22 heavy (non-hydrogen) atoms. The van der Waals surface area contributed by atoms with Crippen LogP contribution in [0.15, 0.2) is 29.4 Å². The van der Waals surface area contributed by atoms with Crippen LogP contribution in [0.3, 0.4) is 0 Å². The maximum Gasteiger partial charge on any atom is 0.230 e. The molecule has 2 aromatic rings. The Morgan fingerprint density at radius 1 is 1.41 bits per heavy atom. The molecule has 1 amide bonds. The number of carbonyl (C=O) groups is 1. The highest BCUT2D eigenvalue weighted by Crippen LogP contribution is 2.21. The molecule has 0 fully saturated rings. The Kier molecular flexibility index (Phi) is 5.73. The third kappa shape index (κ3) is 4.18. The van der Waals surface area contributed by atoms with Crippen LogP contribution in [-0.4, -0.2) is 46.8 Å². The lowest BCUT2D eigenvalue weighted by Gasteiger charge is -2.05. The highest BCUT2D eigenvalue weighted by atomic mass is 32.2. The van der Waals surface area contributed by atoms with E-state index < -0.39 is 0 Å². The molecule has 1 heterocycles. The van der Waals surface area contributed by atoms with Gasteiger partial charge in [0.2, 0.25) is 11.1 Å². The minimum absolute atomic E-state index is 0.145. The molecule has 0 spiro atoms. The van der Waals surface area contributed by atoms with Crippen molar-refractivity contribution in [1.29, 1.82) is 0 Å². The van der Waals surface area contributed by atoms with Gasteiger partial charge in [-0.3, -0.25) is 4.79 Å². The number of carbonyl (C=O) groups excluding carboxylic acids is 1. The predicted octanol–water partition coefficient (Wildman–Crippen LogP) is 0.653. The fourth-order valence-corrected chi connectivity index (χ4v) is 2.33. The number of hydrogen-bond acceptors (Lipinski definition) is 6. The Hall–Kier alpha value is -2.13. The molecule has 1 aromatic carbocycles. The number of nitrogens with one attached hydrogen (secondary N) is 1. The van der Waals surface area contributed by atoms with E-state index in [0.29, 0.717) is 29.7 Å². The van der Waals surface area contributed by atoms with Gasteiger partial charge in [-0.05, 0) is 24.3 Å². The molecular weight excluding hydrogens is 309 g/mol. The van der Waals surface area contributed by atoms with E-state index in [4.69, 9.17) is 10.6 Å². The average molecular weight is 325 g/mol. The second kappa shape index (κ2) is 7.76. The summed E-state index contributed by atoms with van der Waals surface area (Å²) in [4.78, 5) is 11.6. The first-order valence-electron chi connectivity index (χ1n) is 6.46. The second-order valence-corrected chi connectivity index (χ2v) is 5.26. The van der Waals surface area contributed by atoms with Gasteiger partial charge in [0, 0.05) is 19.2 Å². The van der Waals surface area contributed by atoms with Gasteiger partial charge in [-0.2, -0.15) is 0 Å². The number of aromatic nitrogens is 3. The molecule has 0 bridgehead atoms. The van der Waals surface area contributed by atoms with Gasteiger partial charge in [0.05, 0.1) is 12.4 Å². The van der Waals surface area contributed by atoms with Crippen molar-refractivity contribution >= 4 is 17.7 Å². The summed E-state index contributed by atoms with van der Waals surface area (Å²) in [6.45, 7) is 0.907. The molecule has 118 valence electrons. The SMILES string of the molecule is COCCNC(=O)CSc1nnc(-c2ccc(F)cc2)n1N. The van der Waals surface area contributed by atoms with Crippen LogP contribution in [0, 0.1) is 5.82 Å². The third-order valence-electron chi connectivity index (χ3n) is 2.73. The Bertz CT molecular complexity index is 632. The van der Waals surface area contributed by atoms with E-state index in [2.05, 4.69) is 15.5 Å². The van der Waals surface area contributed by atoms with E-state index in [0.717, 1.165) is 0 Å². The van der Waals surface area contributed by atoms with Crippen LogP contribution >= 0.6 is 11.8 Å². The van der Waals surface area contributed by atoms with Crippen LogP contribution in [0.4, 0.5) is 4.39 Å². The van der Waals surface area contributed by atoms with Crippen molar-refractivity contribution in [2.24, 2.45) is 0 Å². The summed E-state index contributed by atoms with van der Waals surface area (Å²) in [7, 11) is 1.56. The molecule has 0 radical (unpaired) electrons. The van der Waals surface area contributed by atoms with E-state index in [1.807, 2.05) is 0 Å². The number of benzene rings is 1. The number of ether oxygens (including phenoxy) is 1. The zero-order chi connectivity index (χ0) is 15.9. The van der Waals surface area contributed by atoms with Gasteiger partial charge < -0.3 is 15.9 Å². The lowest BCUT2D eigenvalue weighted by Crippen LogP contribution is -2.28. The summed E-state index contributed by atoms with van der Waals surface area (Å²) < 4.78 is 19.0. The molecule has 1 aromatic heterocycles. The van der Waals surface area contributed by atoms with Gasteiger partial charge >= 0.3 is 0 Å². The highest BCUT2D eigenvalue weighted by Gasteiger charge is 2.13. The van der Waals surface area contributed by atoms with Crippen molar-refractivity contribution in [1.82, 2.24) is 20.2 Å². The number of nitrogens with zero attached hydrogens (tertiary/aromatic N) is 3. The summed E-state index contributed by atoms with van der Waals surface area (Å²) >= 11 is 1.17. The molecule has 0 aliphatic carbocycles. The Morgan fingerprint density at radius 2 is 2.14 bits per heavy atom. The smallest absolute Gasteiger partial charge is 0.230 e. The zero-order valence-corrected chi connectivity index (χ0v) is 12.8. The van der Waals surface area contributed by atoms with Gasteiger partial charge in [0.15, 0.2) is 5.82 Å². The van der Waals surface area contributed by atoms with E-state index >= 15 is 0 Å². The van der Waals surface area contributed by atoms with Crippen molar-refractivity contribution in [3.05, 3.63) is 30.1 Å². The third-order valence-corrected chi connectivity index (χ3v) is 3.67. The first-order chi connectivity index (χ1) is 10.6. The monoisotopic (exact) mass is 325 g/mol. The van der Waals surface area contributed by atoms with E-state index in [-0.39, 0.29) is 17.5 Å². The molecule has 0 saturated heterocycles. The van der Waals surface area contributed by atoms with Crippen LogP contribution in [0.1, 0.15) is 0 Å². The number of thioether (sulfide) groups is 1. The number of nitrogen functional groups attached to an aromatic ring is 1. The molecule has 0 unspecified atom stereocenters. The zero-order valence-electron chi connectivity index (χ0n) is 12.0. The number of methoxy groups -OCH3 is 1. The summed E-state index contributed by atoms with van der Waals surface area (Å²) in [5.74, 6) is 6.00. The second-order valence-electron chi connectivity index (χ2n) is 4.31. The number of rotatable bonds is 7. The molecule has 2 rings (SSSR count). The Balaban J connectivity index is 1.96. The minimum atomic E-state index is -0.339. The van der Waals surface area contributed by atoms with Crippen LogP contribution in [-0.2, 0) is 9.53 Å². The minimum Gasteiger partial charge on any atom is -0.383 e. The molecule has 0 atom stereocenters. The largest absolute Gasteiger partial charge is 0.383 e. The maximum absolute atomic E-state index is 12.9. The van der Waals surface area contributed by atoms with Crippen LogP contribution < -0.4 is 11.2 Å². The maximum atomic E-state index is 12.9. The van der Waals surface area contributed by atoms with E-state index in [9.17, 15) is 9.18 Å². The molecule has 9 heteroatoms.